The number of imidazole rings is 1. The number of hydrogen-bond acceptors (Lipinski definition) is 2. The van der Waals surface area contributed by atoms with Gasteiger partial charge in [-0.15, -0.1) is 0 Å². The third kappa shape index (κ3) is 3.58. The van der Waals surface area contributed by atoms with E-state index in [9.17, 15) is 0 Å². The van der Waals surface area contributed by atoms with Gasteiger partial charge in [0.2, 0.25) is 0 Å². The SMILES string of the molecule is Cc1nc2ccccc2n1CC1CCN(Cc2ccccc2Cl)CC1. The van der Waals surface area contributed by atoms with E-state index in [2.05, 4.69) is 52.8 Å². The maximum atomic E-state index is 6.30. The van der Waals surface area contributed by atoms with Gasteiger partial charge in [-0.05, 0) is 62.5 Å². The van der Waals surface area contributed by atoms with Crippen LogP contribution in [0.1, 0.15) is 24.2 Å². The first-order valence-corrected chi connectivity index (χ1v) is 9.46. The minimum absolute atomic E-state index is 0.721. The zero-order chi connectivity index (χ0) is 17.2. The predicted octanol–water partition coefficient (Wildman–Crippen LogP) is 4.91. The Morgan fingerprint density at radius 2 is 1.76 bits per heavy atom. The maximum Gasteiger partial charge on any atom is 0.106 e. The summed E-state index contributed by atoms with van der Waals surface area (Å²) in [7, 11) is 0. The van der Waals surface area contributed by atoms with Gasteiger partial charge in [0, 0.05) is 18.1 Å². The second-order valence-corrected chi connectivity index (χ2v) is 7.48. The van der Waals surface area contributed by atoms with E-state index in [1.165, 1.54) is 23.9 Å². The summed E-state index contributed by atoms with van der Waals surface area (Å²) in [6.45, 7) is 6.43. The molecule has 3 nitrogen and oxygen atoms in total. The summed E-state index contributed by atoms with van der Waals surface area (Å²) in [6, 6.07) is 16.6. The van der Waals surface area contributed by atoms with Gasteiger partial charge in [0.05, 0.1) is 11.0 Å². The Balaban J connectivity index is 1.39. The third-order valence-electron chi connectivity index (χ3n) is 5.35. The molecule has 130 valence electrons. The molecule has 3 aromatic rings. The molecule has 0 N–H and O–H groups in total. The van der Waals surface area contributed by atoms with Crippen molar-refractivity contribution in [3.8, 4) is 0 Å². The Morgan fingerprint density at radius 3 is 2.56 bits per heavy atom. The third-order valence-corrected chi connectivity index (χ3v) is 5.71. The van der Waals surface area contributed by atoms with Gasteiger partial charge in [0.25, 0.3) is 0 Å². The van der Waals surface area contributed by atoms with Crippen LogP contribution in [-0.2, 0) is 13.1 Å². The number of rotatable bonds is 4. The number of para-hydroxylation sites is 2. The Morgan fingerprint density at radius 1 is 1.04 bits per heavy atom. The van der Waals surface area contributed by atoms with Gasteiger partial charge in [-0.3, -0.25) is 4.90 Å². The zero-order valence-electron chi connectivity index (χ0n) is 14.7. The summed E-state index contributed by atoms with van der Waals surface area (Å²) in [4.78, 5) is 7.22. The van der Waals surface area contributed by atoms with Crippen LogP contribution in [0.15, 0.2) is 48.5 Å². The molecule has 0 amide bonds. The average molecular weight is 354 g/mol. The maximum absolute atomic E-state index is 6.30. The van der Waals surface area contributed by atoms with Crippen LogP contribution in [0.5, 0.6) is 0 Å². The van der Waals surface area contributed by atoms with Crippen LogP contribution in [0.4, 0.5) is 0 Å². The number of halogens is 1. The normalized spacial score (nSPS) is 16.6. The molecule has 1 aromatic heterocycles. The number of nitrogens with zero attached hydrogens (tertiary/aromatic N) is 3. The number of fused-ring (bicyclic) bond motifs is 1. The molecule has 2 aromatic carbocycles. The molecule has 25 heavy (non-hydrogen) atoms. The molecule has 0 bridgehead atoms. The molecule has 1 aliphatic heterocycles. The van der Waals surface area contributed by atoms with Crippen molar-refractivity contribution in [2.24, 2.45) is 5.92 Å². The first-order valence-electron chi connectivity index (χ1n) is 9.08. The van der Waals surface area contributed by atoms with Gasteiger partial charge in [0.1, 0.15) is 5.82 Å². The van der Waals surface area contributed by atoms with Crippen LogP contribution < -0.4 is 0 Å². The van der Waals surface area contributed by atoms with E-state index >= 15 is 0 Å². The minimum atomic E-state index is 0.721. The summed E-state index contributed by atoms with van der Waals surface area (Å²) in [6.07, 6.45) is 2.47. The highest BCUT2D eigenvalue weighted by Crippen LogP contribution is 2.25. The topological polar surface area (TPSA) is 21.1 Å². The molecule has 1 saturated heterocycles. The average Bonchev–Trinajstić information content (AvgIpc) is 2.94. The van der Waals surface area contributed by atoms with Gasteiger partial charge in [0.15, 0.2) is 0 Å². The van der Waals surface area contributed by atoms with Crippen molar-refractivity contribution < 1.29 is 0 Å². The Kier molecular flexibility index (Phi) is 4.78. The van der Waals surface area contributed by atoms with E-state index in [1.807, 2.05) is 12.1 Å². The van der Waals surface area contributed by atoms with E-state index in [0.717, 1.165) is 48.5 Å². The van der Waals surface area contributed by atoms with E-state index in [4.69, 9.17) is 16.6 Å². The molecule has 0 radical (unpaired) electrons. The van der Waals surface area contributed by atoms with Crippen molar-refractivity contribution >= 4 is 22.6 Å². The van der Waals surface area contributed by atoms with Crippen LogP contribution in [0.3, 0.4) is 0 Å². The smallest absolute Gasteiger partial charge is 0.106 e. The summed E-state index contributed by atoms with van der Waals surface area (Å²) < 4.78 is 2.39. The lowest BCUT2D eigenvalue weighted by Crippen LogP contribution is -2.34. The fourth-order valence-corrected chi connectivity index (χ4v) is 4.07. The fraction of sp³-hybridized carbons (Fsp3) is 0.381. The molecule has 4 rings (SSSR count). The van der Waals surface area contributed by atoms with Gasteiger partial charge in [-0.1, -0.05) is 41.9 Å². The molecular weight excluding hydrogens is 330 g/mol. The molecule has 1 aliphatic rings. The standard InChI is InChI=1S/C21H24ClN3/c1-16-23-20-8-4-5-9-21(20)25(16)14-17-10-12-24(13-11-17)15-18-6-2-3-7-19(18)22/h2-9,17H,10-15H2,1H3. The van der Waals surface area contributed by atoms with Crippen LogP contribution >= 0.6 is 11.6 Å². The lowest BCUT2D eigenvalue weighted by molar-refractivity contribution is 0.167. The minimum Gasteiger partial charge on any atom is -0.328 e. The molecule has 0 saturated carbocycles. The van der Waals surface area contributed by atoms with Crippen LogP contribution in [-0.4, -0.2) is 27.5 Å². The first-order chi connectivity index (χ1) is 12.2. The van der Waals surface area contributed by atoms with Gasteiger partial charge in [-0.25, -0.2) is 4.98 Å². The van der Waals surface area contributed by atoms with Crippen molar-refractivity contribution in [2.75, 3.05) is 13.1 Å². The number of likely N-dealkylation sites (tertiary alicyclic amines) is 1. The van der Waals surface area contributed by atoms with Crippen LogP contribution in [0.2, 0.25) is 5.02 Å². The number of piperidine rings is 1. The molecular formula is C21H24ClN3. The fourth-order valence-electron chi connectivity index (χ4n) is 3.88. The lowest BCUT2D eigenvalue weighted by atomic mass is 9.96. The van der Waals surface area contributed by atoms with E-state index in [-0.39, 0.29) is 0 Å². The second-order valence-electron chi connectivity index (χ2n) is 7.07. The molecule has 0 spiro atoms. The van der Waals surface area contributed by atoms with Crippen molar-refractivity contribution in [1.82, 2.24) is 14.5 Å². The highest BCUT2D eigenvalue weighted by Gasteiger charge is 2.21. The van der Waals surface area contributed by atoms with E-state index in [1.54, 1.807) is 0 Å². The van der Waals surface area contributed by atoms with Gasteiger partial charge in [-0.2, -0.15) is 0 Å². The van der Waals surface area contributed by atoms with Gasteiger partial charge >= 0.3 is 0 Å². The first kappa shape index (κ1) is 16.6. The largest absolute Gasteiger partial charge is 0.328 e. The van der Waals surface area contributed by atoms with Gasteiger partial charge < -0.3 is 4.57 Å². The number of aryl methyl sites for hydroxylation is 1. The Bertz CT molecular complexity index is 862. The van der Waals surface area contributed by atoms with Crippen molar-refractivity contribution in [2.45, 2.75) is 32.9 Å². The number of benzene rings is 2. The number of hydrogen-bond donors (Lipinski definition) is 0. The zero-order valence-corrected chi connectivity index (χ0v) is 15.4. The Labute approximate surface area is 154 Å². The van der Waals surface area contributed by atoms with Crippen LogP contribution in [0.25, 0.3) is 11.0 Å². The monoisotopic (exact) mass is 353 g/mol. The summed E-state index contributed by atoms with van der Waals surface area (Å²) in [5.74, 6) is 1.85. The molecule has 4 heteroatoms. The lowest BCUT2D eigenvalue weighted by Gasteiger charge is -2.32. The van der Waals surface area contributed by atoms with Crippen LogP contribution in [0, 0.1) is 12.8 Å². The predicted molar refractivity (Wildman–Crippen MR) is 104 cm³/mol. The molecule has 0 unspecified atom stereocenters. The van der Waals surface area contributed by atoms with Crippen molar-refractivity contribution in [3.05, 3.63) is 64.9 Å². The highest BCUT2D eigenvalue weighted by atomic mass is 35.5. The molecule has 2 heterocycles. The van der Waals surface area contributed by atoms with E-state index in [0.29, 0.717) is 0 Å². The van der Waals surface area contributed by atoms with Crippen molar-refractivity contribution in [1.29, 1.82) is 0 Å². The molecule has 0 atom stereocenters. The van der Waals surface area contributed by atoms with E-state index < -0.39 is 0 Å². The summed E-state index contributed by atoms with van der Waals surface area (Å²) in [5.41, 5.74) is 3.61. The summed E-state index contributed by atoms with van der Waals surface area (Å²) >= 11 is 6.30. The Hall–Kier alpha value is -1.84. The molecule has 1 fully saturated rings. The van der Waals surface area contributed by atoms with Crippen molar-refractivity contribution in [3.63, 3.8) is 0 Å². The molecule has 0 aliphatic carbocycles. The number of aromatic nitrogens is 2. The second kappa shape index (κ2) is 7.19. The quantitative estimate of drug-likeness (QED) is 0.664. The highest BCUT2D eigenvalue weighted by molar-refractivity contribution is 6.31. The summed E-state index contributed by atoms with van der Waals surface area (Å²) in [5, 5.41) is 0.880.